The van der Waals surface area contributed by atoms with Crippen LogP contribution in [-0.4, -0.2) is 10.9 Å². The molecule has 0 spiro atoms. The van der Waals surface area contributed by atoms with E-state index in [-0.39, 0.29) is 5.25 Å². The van der Waals surface area contributed by atoms with E-state index in [9.17, 15) is 4.79 Å². The van der Waals surface area contributed by atoms with Crippen molar-refractivity contribution in [1.82, 2.24) is 4.98 Å². The highest BCUT2D eigenvalue weighted by molar-refractivity contribution is 8.03. The quantitative estimate of drug-likeness (QED) is 0.787. The zero-order chi connectivity index (χ0) is 16.8. The number of carbonyl (C=O) groups is 1. The van der Waals surface area contributed by atoms with Crippen LogP contribution in [0.25, 0.3) is 0 Å². The van der Waals surface area contributed by atoms with Gasteiger partial charge in [0.15, 0.2) is 0 Å². The van der Waals surface area contributed by atoms with Gasteiger partial charge in [0.25, 0.3) is 0 Å². The van der Waals surface area contributed by atoms with Crippen LogP contribution in [0.5, 0.6) is 0 Å². The molecule has 0 saturated heterocycles. The summed E-state index contributed by atoms with van der Waals surface area (Å²) in [7, 11) is 0. The number of amides is 1. The van der Waals surface area contributed by atoms with Crippen LogP contribution in [0, 0.1) is 6.92 Å². The van der Waals surface area contributed by atoms with Crippen LogP contribution in [0.1, 0.15) is 30.2 Å². The standard InChI is InChI=1S/C18H21N3OS/c1-12-9-10-16(20-11-12)21-18(13(2)17(19)22)23-14(3)15-7-5-4-6-8-15/h4-11,14H,1-3H3,(H2,19,22)(H,20,21)/b18-13+. The third-order valence-electron chi connectivity index (χ3n) is 3.43. The van der Waals surface area contributed by atoms with Gasteiger partial charge in [-0.05, 0) is 38.0 Å². The fraction of sp³-hybridized carbons (Fsp3) is 0.222. The highest BCUT2D eigenvalue weighted by Crippen LogP contribution is 2.35. The second-order valence-corrected chi connectivity index (χ2v) is 6.69. The molecule has 0 aliphatic carbocycles. The molecule has 2 aromatic rings. The number of anilines is 1. The van der Waals surface area contributed by atoms with E-state index in [4.69, 9.17) is 5.73 Å². The Kier molecular flexibility index (Phi) is 5.82. The summed E-state index contributed by atoms with van der Waals surface area (Å²) in [6.45, 7) is 5.80. The molecule has 1 aromatic carbocycles. The van der Waals surface area contributed by atoms with Crippen molar-refractivity contribution in [3.8, 4) is 0 Å². The highest BCUT2D eigenvalue weighted by Gasteiger charge is 2.15. The van der Waals surface area contributed by atoms with E-state index in [2.05, 4.69) is 29.4 Å². The van der Waals surface area contributed by atoms with Gasteiger partial charge < -0.3 is 11.1 Å². The average molecular weight is 327 g/mol. The summed E-state index contributed by atoms with van der Waals surface area (Å²) < 4.78 is 0. The first kappa shape index (κ1) is 17.1. The highest BCUT2D eigenvalue weighted by atomic mass is 32.2. The molecule has 1 aromatic heterocycles. The van der Waals surface area contributed by atoms with Crippen molar-refractivity contribution in [2.45, 2.75) is 26.0 Å². The predicted octanol–water partition coefficient (Wildman–Crippen LogP) is 4.01. The lowest BCUT2D eigenvalue weighted by molar-refractivity contribution is -0.114. The Morgan fingerprint density at radius 1 is 1.22 bits per heavy atom. The number of pyridine rings is 1. The van der Waals surface area contributed by atoms with Gasteiger partial charge in [-0.1, -0.05) is 36.4 Å². The second-order valence-electron chi connectivity index (χ2n) is 5.33. The lowest BCUT2D eigenvalue weighted by Gasteiger charge is -2.17. The fourth-order valence-corrected chi connectivity index (χ4v) is 3.04. The molecule has 0 aliphatic heterocycles. The van der Waals surface area contributed by atoms with Crippen LogP contribution in [0.3, 0.4) is 0 Å². The maximum Gasteiger partial charge on any atom is 0.246 e. The number of nitrogens with two attached hydrogens (primary N) is 1. The number of hydrogen-bond acceptors (Lipinski definition) is 4. The molecule has 0 radical (unpaired) electrons. The number of rotatable bonds is 6. The molecule has 0 fully saturated rings. The zero-order valence-electron chi connectivity index (χ0n) is 13.5. The van der Waals surface area contributed by atoms with E-state index in [1.54, 1.807) is 24.9 Å². The number of benzene rings is 1. The smallest absolute Gasteiger partial charge is 0.246 e. The number of nitrogens with zero attached hydrogens (tertiary/aromatic N) is 1. The van der Waals surface area contributed by atoms with Crippen molar-refractivity contribution >= 4 is 23.5 Å². The maximum absolute atomic E-state index is 11.6. The molecule has 1 heterocycles. The Morgan fingerprint density at radius 3 is 2.48 bits per heavy atom. The molecule has 23 heavy (non-hydrogen) atoms. The van der Waals surface area contributed by atoms with Crippen LogP contribution in [-0.2, 0) is 4.79 Å². The second kappa shape index (κ2) is 7.83. The van der Waals surface area contributed by atoms with Crippen molar-refractivity contribution in [1.29, 1.82) is 0 Å². The summed E-state index contributed by atoms with van der Waals surface area (Å²) in [5, 5.41) is 4.12. The molecule has 2 rings (SSSR count). The van der Waals surface area contributed by atoms with E-state index in [1.165, 1.54) is 5.56 Å². The Bertz CT molecular complexity index is 696. The number of primary amides is 1. The number of hydrogen-bond donors (Lipinski definition) is 2. The van der Waals surface area contributed by atoms with Crippen molar-refractivity contribution in [2.24, 2.45) is 5.73 Å². The Hall–Kier alpha value is -2.27. The normalized spacial score (nSPS) is 13.2. The lowest BCUT2D eigenvalue weighted by atomic mass is 10.2. The van der Waals surface area contributed by atoms with E-state index in [0.717, 1.165) is 10.6 Å². The SMILES string of the molecule is C/C(C(N)=O)=C(/Nc1ccc(C)cn1)SC(C)c1ccccc1. The minimum atomic E-state index is -0.438. The molecule has 5 heteroatoms. The number of aryl methyl sites for hydroxylation is 1. The van der Waals surface area contributed by atoms with Crippen molar-refractivity contribution in [3.05, 3.63) is 70.4 Å². The summed E-state index contributed by atoms with van der Waals surface area (Å²) in [6.07, 6.45) is 1.78. The molecular formula is C18H21N3OS. The van der Waals surface area contributed by atoms with Gasteiger partial charge >= 0.3 is 0 Å². The number of thioether (sulfide) groups is 1. The van der Waals surface area contributed by atoms with Crippen molar-refractivity contribution < 1.29 is 4.79 Å². The van der Waals surface area contributed by atoms with Crippen LogP contribution < -0.4 is 11.1 Å². The van der Waals surface area contributed by atoms with E-state index < -0.39 is 5.91 Å². The van der Waals surface area contributed by atoms with Gasteiger partial charge in [0, 0.05) is 17.0 Å². The first-order valence-corrected chi connectivity index (χ1v) is 8.27. The van der Waals surface area contributed by atoms with E-state index >= 15 is 0 Å². The molecular weight excluding hydrogens is 306 g/mol. The van der Waals surface area contributed by atoms with Crippen LogP contribution in [0.2, 0.25) is 0 Å². The number of carbonyl (C=O) groups excluding carboxylic acids is 1. The van der Waals surface area contributed by atoms with Crippen LogP contribution >= 0.6 is 11.8 Å². The predicted molar refractivity (Wildman–Crippen MR) is 96.9 cm³/mol. The topological polar surface area (TPSA) is 68.0 Å². The molecule has 4 nitrogen and oxygen atoms in total. The third-order valence-corrected chi connectivity index (χ3v) is 4.70. The molecule has 1 unspecified atom stereocenters. The molecule has 0 saturated carbocycles. The van der Waals surface area contributed by atoms with Gasteiger partial charge in [-0.15, -0.1) is 11.8 Å². The van der Waals surface area contributed by atoms with Gasteiger partial charge in [-0.3, -0.25) is 4.79 Å². The van der Waals surface area contributed by atoms with Gasteiger partial charge in [-0.25, -0.2) is 4.98 Å². The molecule has 1 atom stereocenters. The minimum absolute atomic E-state index is 0.179. The average Bonchev–Trinajstić information content (AvgIpc) is 2.56. The number of nitrogens with one attached hydrogen (secondary N) is 1. The monoisotopic (exact) mass is 327 g/mol. The first-order chi connectivity index (χ1) is 11.0. The van der Waals surface area contributed by atoms with Gasteiger partial charge in [0.1, 0.15) is 5.82 Å². The Labute approximate surface area is 141 Å². The minimum Gasteiger partial charge on any atom is -0.366 e. The van der Waals surface area contributed by atoms with Gasteiger partial charge in [-0.2, -0.15) is 0 Å². The van der Waals surface area contributed by atoms with Gasteiger partial charge in [0.2, 0.25) is 5.91 Å². The van der Waals surface area contributed by atoms with Crippen LogP contribution in [0.15, 0.2) is 59.3 Å². The Morgan fingerprint density at radius 2 is 1.91 bits per heavy atom. The summed E-state index contributed by atoms with van der Waals surface area (Å²) in [6, 6.07) is 14.0. The first-order valence-electron chi connectivity index (χ1n) is 7.39. The maximum atomic E-state index is 11.6. The van der Waals surface area contributed by atoms with E-state index in [1.807, 2.05) is 37.3 Å². The summed E-state index contributed by atoms with van der Waals surface area (Å²) >= 11 is 1.56. The van der Waals surface area contributed by atoms with Gasteiger partial charge in [0.05, 0.1) is 5.03 Å². The van der Waals surface area contributed by atoms with E-state index in [0.29, 0.717) is 11.4 Å². The fourth-order valence-electron chi connectivity index (χ4n) is 1.95. The van der Waals surface area contributed by atoms with Crippen molar-refractivity contribution in [3.63, 3.8) is 0 Å². The third kappa shape index (κ3) is 4.86. The molecule has 120 valence electrons. The molecule has 0 bridgehead atoms. The lowest BCUT2D eigenvalue weighted by Crippen LogP contribution is -2.16. The largest absolute Gasteiger partial charge is 0.366 e. The summed E-state index contributed by atoms with van der Waals surface area (Å²) in [5.41, 5.74) is 8.23. The zero-order valence-corrected chi connectivity index (χ0v) is 14.4. The van der Waals surface area contributed by atoms with Crippen molar-refractivity contribution in [2.75, 3.05) is 5.32 Å². The summed E-state index contributed by atoms with van der Waals surface area (Å²) in [5.74, 6) is 0.256. The Balaban J connectivity index is 2.23. The molecule has 3 N–H and O–H groups in total. The molecule has 1 amide bonds. The van der Waals surface area contributed by atoms with Crippen LogP contribution in [0.4, 0.5) is 5.82 Å². The molecule has 0 aliphatic rings. The summed E-state index contributed by atoms with van der Waals surface area (Å²) in [4.78, 5) is 15.9. The number of aromatic nitrogens is 1.